The molecular formula is C11H9BrClN3S. The molecule has 0 radical (unpaired) electrons. The molecule has 0 atom stereocenters. The first-order valence-corrected chi connectivity index (χ1v) is 6.99. The van der Waals surface area contributed by atoms with Crippen molar-refractivity contribution < 1.29 is 0 Å². The van der Waals surface area contributed by atoms with E-state index in [4.69, 9.17) is 11.6 Å². The Morgan fingerprint density at radius 2 is 2.24 bits per heavy atom. The van der Waals surface area contributed by atoms with Crippen LogP contribution >= 0.6 is 39.3 Å². The topological polar surface area (TPSA) is 38.7 Å². The molecule has 0 aromatic carbocycles. The summed E-state index contributed by atoms with van der Waals surface area (Å²) in [5, 5.41) is 2.22. The second kappa shape index (κ2) is 5.80. The molecule has 0 amide bonds. The van der Waals surface area contributed by atoms with Crippen LogP contribution in [0.1, 0.15) is 12.7 Å². The lowest BCUT2D eigenvalue weighted by Crippen LogP contribution is -1.95. The maximum atomic E-state index is 6.05. The van der Waals surface area contributed by atoms with Crippen molar-refractivity contribution in [3.63, 3.8) is 0 Å². The van der Waals surface area contributed by atoms with Crippen LogP contribution in [0.5, 0.6) is 0 Å². The van der Waals surface area contributed by atoms with Crippen LogP contribution in [0.15, 0.2) is 39.1 Å². The molecule has 0 aliphatic heterocycles. The predicted octanol–water partition coefficient (Wildman–Crippen LogP) is 4.00. The van der Waals surface area contributed by atoms with Crippen LogP contribution in [0.4, 0.5) is 0 Å². The molecule has 0 spiro atoms. The number of hydrogen-bond acceptors (Lipinski definition) is 4. The van der Waals surface area contributed by atoms with E-state index >= 15 is 0 Å². The summed E-state index contributed by atoms with van der Waals surface area (Å²) >= 11 is 10.9. The molecule has 2 aromatic rings. The number of hydrogen-bond donors (Lipinski definition) is 0. The van der Waals surface area contributed by atoms with Gasteiger partial charge in [0.15, 0.2) is 0 Å². The van der Waals surface area contributed by atoms with Gasteiger partial charge in [-0.25, -0.2) is 15.0 Å². The summed E-state index contributed by atoms with van der Waals surface area (Å²) in [7, 11) is 0. The van der Waals surface area contributed by atoms with E-state index in [1.165, 1.54) is 11.8 Å². The normalized spacial score (nSPS) is 10.5. The highest BCUT2D eigenvalue weighted by Gasteiger charge is 2.07. The minimum absolute atomic E-state index is 0.630. The van der Waals surface area contributed by atoms with Crippen molar-refractivity contribution in [2.24, 2.45) is 0 Å². The smallest absolute Gasteiger partial charge is 0.130 e. The van der Waals surface area contributed by atoms with Crippen LogP contribution in [0.3, 0.4) is 0 Å². The van der Waals surface area contributed by atoms with Crippen molar-refractivity contribution in [3.05, 3.63) is 39.8 Å². The van der Waals surface area contributed by atoms with Gasteiger partial charge < -0.3 is 0 Å². The molecular weight excluding hydrogens is 322 g/mol. The number of aromatic nitrogens is 3. The molecule has 0 aliphatic rings. The van der Waals surface area contributed by atoms with Crippen molar-refractivity contribution in [3.8, 4) is 0 Å². The van der Waals surface area contributed by atoms with Gasteiger partial charge in [0.25, 0.3) is 0 Å². The lowest BCUT2D eigenvalue weighted by atomic mass is 10.4. The van der Waals surface area contributed by atoms with E-state index in [9.17, 15) is 0 Å². The van der Waals surface area contributed by atoms with E-state index in [2.05, 4.69) is 30.9 Å². The van der Waals surface area contributed by atoms with Gasteiger partial charge in [-0.3, -0.25) is 0 Å². The van der Waals surface area contributed by atoms with Gasteiger partial charge in [0.2, 0.25) is 0 Å². The first-order valence-electron chi connectivity index (χ1n) is 5.01. The molecule has 0 fully saturated rings. The Morgan fingerprint density at radius 1 is 1.41 bits per heavy atom. The predicted molar refractivity (Wildman–Crippen MR) is 72.5 cm³/mol. The summed E-state index contributed by atoms with van der Waals surface area (Å²) < 4.78 is 0.777. The van der Waals surface area contributed by atoms with Gasteiger partial charge in [0, 0.05) is 18.7 Å². The summed E-state index contributed by atoms with van der Waals surface area (Å²) in [6.07, 6.45) is 2.51. The number of aryl methyl sites for hydroxylation is 1. The molecule has 0 bridgehead atoms. The molecule has 2 heterocycles. The van der Waals surface area contributed by atoms with E-state index < -0.39 is 0 Å². The molecule has 88 valence electrons. The highest BCUT2D eigenvalue weighted by Crippen LogP contribution is 2.30. The quantitative estimate of drug-likeness (QED) is 0.797. The van der Waals surface area contributed by atoms with Crippen LogP contribution in [0, 0.1) is 0 Å². The average Bonchev–Trinajstić information content (AvgIpc) is 2.31. The lowest BCUT2D eigenvalue weighted by molar-refractivity contribution is 0.876. The lowest BCUT2D eigenvalue weighted by Gasteiger charge is -2.04. The zero-order valence-corrected chi connectivity index (χ0v) is 12.2. The van der Waals surface area contributed by atoms with Crippen molar-refractivity contribution in [2.75, 3.05) is 0 Å². The highest BCUT2D eigenvalue weighted by atomic mass is 79.9. The third kappa shape index (κ3) is 3.40. The zero-order chi connectivity index (χ0) is 12.3. The number of pyridine rings is 1. The summed E-state index contributed by atoms with van der Waals surface area (Å²) in [6.45, 7) is 2.02. The molecule has 0 saturated carbocycles. The van der Waals surface area contributed by atoms with Crippen molar-refractivity contribution in [1.29, 1.82) is 0 Å². The largest absolute Gasteiger partial charge is 0.248 e. The van der Waals surface area contributed by atoms with Crippen molar-refractivity contribution in [2.45, 2.75) is 23.4 Å². The molecule has 0 N–H and O–H groups in total. The Hall–Kier alpha value is -0.650. The summed E-state index contributed by atoms with van der Waals surface area (Å²) in [5.74, 6) is 0.800. The number of nitrogens with zero attached hydrogens (tertiary/aromatic N) is 3. The fourth-order valence-corrected chi connectivity index (χ4v) is 2.81. The minimum atomic E-state index is 0.630. The maximum absolute atomic E-state index is 6.05. The third-order valence-corrected chi connectivity index (χ3v) is 3.72. The summed E-state index contributed by atoms with van der Waals surface area (Å²) in [5.41, 5.74) is 0. The van der Waals surface area contributed by atoms with E-state index in [-0.39, 0.29) is 0 Å². The monoisotopic (exact) mass is 329 g/mol. The van der Waals surface area contributed by atoms with E-state index in [1.807, 2.05) is 19.1 Å². The highest BCUT2D eigenvalue weighted by molar-refractivity contribution is 9.10. The van der Waals surface area contributed by atoms with Crippen molar-refractivity contribution >= 4 is 39.3 Å². The van der Waals surface area contributed by atoms with Gasteiger partial charge in [-0.2, -0.15) is 0 Å². The standard InChI is InChI=1S/C11H9BrClN3S/c1-2-9-15-8(12)6-10(16-9)17-11-7(13)4-3-5-14-11/h3-6H,2H2,1H3. The van der Waals surface area contributed by atoms with Crippen LogP contribution in [0.25, 0.3) is 0 Å². The second-order valence-corrected chi connectivity index (χ2v) is 5.42. The van der Waals surface area contributed by atoms with Gasteiger partial charge in [-0.15, -0.1) is 0 Å². The average molecular weight is 331 g/mol. The van der Waals surface area contributed by atoms with Crippen molar-refractivity contribution in [1.82, 2.24) is 15.0 Å². The van der Waals surface area contributed by atoms with Gasteiger partial charge in [0.1, 0.15) is 20.5 Å². The maximum Gasteiger partial charge on any atom is 0.130 e. The summed E-state index contributed by atoms with van der Waals surface area (Å²) in [4.78, 5) is 12.9. The SMILES string of the molecule is CCc1nc(Br)cc(Sc2ncccc2Cl)n1. The molecule has 2 aromatic heterocycles. The van der Waals surface area contributed by atoms with E-state index in [0.717, 1.165) is 26.9 Å². The van der Waals surface area contributed by atoms with Gasteiger partial charge in [-0.1, -0.05) is 18.5 Å². The Morgan fingerprint density at radius 3 is 2.94 bits per heavy atom. The number of halogens is 2. The Balaban J connectivity index is 2.30. The van der Waals surface area contributed by atoms with Gasteiger partial charge >= 0.3 is 0 Å². The Bertz CT molecular complexity index is 536. The second-order valence-electron chi connectivity index (χ2n) is 3.19. The van der Waals surface area contributed by atoms with Gasteiger partial charge in [0.05, 0.1) is 5.02 Å². The van der Waals surface area contributed by atoms with Crippen LogP contribution in [-0.4, -0.2) is 15.0 Å². The zero-order valence-electron chi connectivity index (χ0n) is 9.02. The first kappa shape index (κ1) is 12.8. The van der Waals surface area contributed by atoms with Gasteiger partial charge in [-0.05, 0) is 39.8 Å². The fourth-order valence-electron chi connectivity index (χ4n) is 1.20. The molecule has 17 heavy (non-hydrogen) atoms. The molecule has 0 saturated heterocycles. The van der Waals surface area contributed by atoms with Crippen LogP contribution in [-0.2, 0) is 6.42 Å². The Kier molecular flexibility index (Phi) is 4.36. The third-order valence-electron chi connectivity index (χ3n) is 1.96. The molecule has 3 nitrogen and oxygen atoms in total. The van der Waals surface area contributed by atoms with Crippen LogP contribution in [0.2, 0.25) is 5.02 Å². The molecule has 6 heteroatoms. The number of rotatable bonds is 3. The molecule has 0 unspecified atom stereocenters. The molecule has 2 rings (SSSR count). The molecule has 0 aliphatic carbocycles. The van der Waals surface area contributed by atoms with Crippen LogP contribution < -0.4 is 0 Å². The summed E-state index contributed by atoms with van der Waals surface area (Å²) in [6, 6.07) is 5.47. The first-order chi connectivity index (χ1) is 8.19. The van der Waals surface area contributed by atoms with E-state index in [0.29, 0.717) is 5.02 Å². The Labute approximate surface area is 117 Å². The minimum Gasteiger partial charge on any atom is -0.248 e. The van der Waals surface area contributed by atoms with E-state index in [1.54, 1.807) is 12.3 Å². The fraction of sp³-hybridized carbons (Fsp3) is 0.182.